The molecule has 0 amide bonds. The van der Waals surface area contributed by atoms with Crippen molar-refractivity contribution in [1.29, 1.82) is 0 Å². The fourth-order valence-corrected chi connectivity index (χ4v) is 2.58. The number of aliphatic hydroxyl groups excluding tert-OH is 1. The second-order valence-electron chi connectivity index (χ2n) is 5.86. The molecule has 0 aliphatic carbocycles. The van der Waals surface area contributed by atoms with E-state index in [4.69, 9.17) is 26.2 Å². The van der Waals surface area contributed by atoms with Crippen LogP contribution >= 0.6 is 11.6 Å². The van der Waals surface area contributed by atoms with E-state index < -0.39 is 0 Å². The lowest BCUT2D eigenvalue weighted by Gasteiger charge is -2.13. The van der Waals surface area contributed by atoms with Crippen LogP contribution in [0.5, 0.6) is 11.5 Å². The van der Waals surface area contributed by atoms with Gasteiger partial charge in [0.25, 0.3) is 0 Å². The third-order valence-electron chi connectivity index (χ3n) is 3.88. The number of hydrogen-bond donors (Lipinski definition) is 2. The molecule has 4 nitrogen and oxygen atoms in total. The summed E-state index contributed by atoms with van der Waals surface area (Å²) in [7, 11) is 1.65. The van der Waals surface area contributed by atoms with Gasteiger partial charge in [0.15, 0.2) is 11.5 Å². The van der Waals surface area contributed by atoms with Crippen molar-refractivity contribution >= 4 is 11.6 Å². The van der Waals surface area contributed by atoms with Crippen LogP contribution in [-0.4, -0.2) is 25.4 Å². The van der Waals surface area contributed by atoms with Crippen LogP contribution in [-0.2, 0) is 13.2 Å². The molecule has 136 valence electrons. The van der Waals surface area contributed by atoms with Gasteiger partial charge in [-0.2, -0.15) is 0 Å². The number of ether oxygens (including phenoxy) is 2. The summed E-state index contributed by atoms with van der Waals surface area (Å²) in [5.74, 6) is 1.46. The molecule has 0 bridgehead atoms. The van der Waals surface area contributed by atoms with Crippen LogP contribution in [0.25, 0.3) is 0 Å². The van der Waals surface area contributed by atoms with Gasteiger partial charge in [-0.3, -0.25) is 0 Å². The molecule has 0 aliphatic heterocycles. The number of aliphatic hydroxyl groups is 1. The zero-order chi connectivity index (χ0) is 17.9. The van der Waals surface area contributed by atoms with E-state index in [0.29, 0.717) is 6.61 Å². The lowest BCUT2D eigenvalue weighted by molar-refractivity contribution is 0.282. The van der Waals surface area contributed by atoms with E-state index in [9.17, 15) is 0 Å². The van der Waals surface area contributed by atoms with E-state index in [1.807, 2.05) is 42.5 Å². The number of halogens is 1. The van der Waals surface area contributed by atoms with Gasteiger partial charge in [0.1, 0.15) is 6.61 Å². The lowest BCUT2D eigenvalue weighted by atomic mass is 10.2. The molecule has 0 saturated carbocycles. The molecule has 0 radical (unpaired) electrons. The topological polar surface area (TPSA) is 50.7 Å². The van der Waals surface area contributed by atoms with Gasteiger partial charge in [0, 0.05) is 18.2 Å². The Balaban J connectivity index is 1.84. The highest BCUT2D eigenvalue weighted by molar-refractivity contribution is 6.30. The van der Waals surface area contributed by atoms with Gasteiger partial charge in [0.2, 0.25) is 0 Å². The van der Waals surface area contributed by atoms with Gasteiger partial charge in [-0.05, 0) is 61.2 Å². The molecule has 25 heavy (non-hydrogen) atoms. The van der Waals surface area contributed by atoms with Crippen molar-refractivity contribution in [2.75, 3.05) is 20.3 Å². The Morgan fingerprint density at radius 2 is 1.72 bits per heavy atom. The monoisotopic (exact) mass is 363 g/mol. The van der Waals surface area contributed by atoms with Gasteiger partial charge >= 0.3 is 0 Å². The van der Waals surface area contributed by atoms with Gasteiger partial charge in [0.05, 0.1) is 7.11 Å². The summed E-state index contributed by atoms with van der Waals surface area (Å²) in [6.07, 6.45) is 2.99. The summed E-state index contributed by atoms with van der Waals surface area (Å²) in [4.78, 5) is 0. The SMILES string of the molecule is COc1cc(CNCCCCCO)ccc1OCc1ccc(Cl)cc1. The van der Waals surface area contributed by atoms with Crippen LogP contribution in [0, 0.1) is 0 Å². The second-order valence-corrected chi connectivity index (χ2v) is 6.30. The molecule has 0 spiro atoms. The minimum atomic E-state index is 0.273. The molecule has 2 rings (SSSR count). The van der Waals surface area contributed by atoms with Gasteiger partial charge < -0.3 is 19.9 Å². The zero-order valence-electron chi connectivity index (χ0n) is 14.6. The predicted molar refractivity (Wildman–Crippen MR) is 101 cm³/mol. The van der Waals surface area contributed by atoms with Gasteiger partial charge in [-0.1, -0.05) is 29.8 Å². The first-order valence-corrected chi connectivity index (χ1v) is 8.96. The highest BCUT2D eigenvalue weighted by Crippen LogP contribution is 2.29. The molecular weight excluding hydrogens is 338 g/mol. The Kier molecular flexibility index (Phi) is 8.60. The van der Waals surface area contributed by atoms with Gasteiger partial charge in [-0.15, -0.1) is 0 Å². The molecule has 0 atom stereocenters. The number of benzene rings is 2. The van der Waals surface area contributed by atoms with E-state index in [1.54, 1.807) is 7.11 Å². The van der Waals surface area contributed by atoms with Crippen molar-refractivity contribution in [1.82, 2.24) is 5.32 Å². The number of methoxy groups -OCH3 is 1. The van der Waals surface area contributed by atoms with E-state index in [0.717, 1.165) is 60.0 Å². The van der Waals surface area contributed by atoms with Crippen LogP contribution in [0.2, 0.25) is 5.02 Å². The standard InChI is InChI=1S/C20H26ClNO3/c1-24-20-13-17(14-22-11-3-2-4-12-23)7-10-19(20)25-15-16-5-8-18(21)9-6-16/h5-10,13,22-23H,2-4,11-12,14-15H2,1H3. The Hall–Kier alpha value is -1.75. The first-order chi connectivity index (χ1) is 12.2. The van der Waals surface area contributed by atoms with Crippen molar-refractivity contribution in [3.63, 3.8) is 0 Å². The van der Waals surface area contributed by atoms with Crippen molar-refractivity contribution in [2.45, 2.75) is 32.4 Å². The maximum atomic E-state index is 8.76. The number of unbranched alkanes of at least 4 members (excludes halogenated alkanes) is 2. The molecule has 0 heterocycles. The molecule has 2 N–H and O–H groups in total. The fourth-order valence-electron chi connectivity index (χ4n) is 2.45. The lowest BCUT2D eigenvalue weighted by Crippen LogP contribution is -2.14. The average molecular weight is 364 g/mol. The second kappa shape index (κ2) is 11.0. The minimum Gasteiger partial charge on any atom is -0.493 e. The van der Waals surface area contributed by atoms with Crippen LogP contribution in [0.15, 0.2) is 42.5 Å². The summed E-state index contributed by atoms with van der Waals surface area (Å²) in [5.41, 5.74) is 2.21. The molecule has 0 saturated heterocycles. The molecular formula is C20H26ClNO3. The average Bonchev–Trinajstić information content (AvgIpc) is 2.64. The Labute approximate surface area is 154 Å². The first-order valence-electron chi connectivity index (χ1n) is 8.58. The molecule has 0 aliphatic rings. The van der Waals surface area contributed by atoms with Crippen LogP contribution < -0.4 is 14.8 Å². The van der Waals surface area contributed by atoms with E-state index in [2.05, 4.69) is 5.32 Å². The maximum Gasteiger partial charge on any atom is 0.161 e. The Morgan fingerprint density at radius 3 is 2.44 bits per heavy atom. The molecule has 0 unspecified atom stereocenters. The van der Waals surface area contributed by atoms with E-state index in [-0.39, 0.29) is 6.61 Å². The quantitative estimate of drug-likeness (QED) is 0.588. The number of nitrogens with one attached hydrogen (secondary N) is 1. The molecule has 5 heteroatoms. The van der Waals surface area contributed by atoms with Crippen molar-refractivity contribution < 1.29 is 14.6 Å². The minimum absolute atomic E-state index is 0.273. The highest BCUT2D eigenvalue weighted by atomic mass is 35.5. The van der Waals surface area contributed by atoms with Crippen molar-refractivity contribution in [3.05, 3.63) is 58.6 Å². The molecule has 0 aromatic heterocycles. The third kappa shape index (κ3) is 6.94. The summed E-state index contributed by atoms with van der Waals surface area (Å²) < 4.78 is 11.3. The smallest absolute Gasteiger partial charge is 0.161 e. The summed E-state index contributed by atoms with van der Waals surface area (Å²) in [5, 5.41) is 12.9. The number of hydrogen-bond acceptors (Lipinski definition) is 4. The van der Waals surface area contributed by atoms with Crippen LogP contribution in [0.4, 0.5) is 0 Å². The van der Waals surface area contributed by atoms with Gasteiger partial charge in [-0.25, -0.2) is 0 Å². The highest BCUT2D eigenvalue weighted by Gasteiger charge is 2.06. The fraction of sp³-hybridized carbons (Fsp3) is 0.400. The predicted octanol–water partition coefficient (Wildman–Crippen LogP) is 4.18. The molecule has 2 aromatic carbocycles. The van der Waals surface area contributed by atoms with E-state index in [1.165, 1.54) is 0 Å². The summed E-state index contributed by atoms with van der Waals surface area (Å²) in [6.45, 7) is 2.47. The van der Waals surface area contributed by atoms with Crippen molar-refractivity contribution in [2.24, 2.45) is 0 Å². The number of rotatable bonds is 11. The Morgan fingerprint density at radius 1 is 0.960 bits per heavy atom. The van der Waals surface area contributed by atoms with E-state index >= 15 is 0 Å². The zero-order valence-corrected chi connectivity index (χ0v) is 15.4. The Bertz CT molecular complexity index is 631. The third-order valence-corrected chi connectivity index (χ3v) is 4.13. The summed E-state index contributed by atoms with van der Waals surface area (Å²) >= 11 is 5.89. The van der Waals surface area contributed by atoms with Crippen molar-refractivity contribution in [3.8, 4) is 11.5 Å². The van der Waals surface area contributed by atoms with Crippen LogP contribution in [0.1, 0.15) is 30.4 Å². The van der Waals surface area contributed by atoms with Crippen LogP contribution in [0.3, 0.4) is 0 Å². The molecule has 2 aromatic rings. The normalized spacial score (nSPS) is 10.7. The maximum absolute atomic E-state index is 8.76. The first kappa shape index (κ1) is 19.6. The summed E-state index contributed by atoms with van der Waals surface area (Å²) in [6, 6.07) is 13.6. The molecule has 0 fully saturated rings. The largest absolute Gasteiger partial charge is 0.493 e.